The molecule has 0 aliphatic carbocycles. The summed E-state index contributed by atoms with van der Waals surface area (Å²) < 4.78 is 0. The summed E-state index contributed by atoms with van der Waals surface area (Å²) in [6.45, 7) is 3.79. The van der Waals surface area contributed by atoms with Crippen molar-refractivity contribution in [3.05, 3.63) is 59.7 Å². The van der Waals surface area contributed by atoms with Gasteiger partial charge in [-0.25, -0.2) is 0 Å². The Morgan fingerprint density at radius 2 is 1.75 bits per heavy atom. The largest absolute Gasteiger partial charge is 0.508 e. The molecular formula is C20H26N2O2. The second-order valence-corrected chi connectivity index (χ2v) is 5.99. The second kappa shape index (κ2) is 8.96. The summed E-state index contributed by atoms with van der Waals surface area (Å²) in [5.41, 5.74) is 2.97. The molecule has 0 fully saturated rings. The molecule has 128 valence electrons. The number of nitrogens with one attached hydrogen (secondary N) is 1. The van der Waals surface area contributed by atoms with Gasteiger partial charge in [0.05, 0.1) is 0 Å². The van der Waals surface area contributed by atoms with Crippen LogP contribution in [0.1, 0.15) is 35.7 Å². The predicted octanol–water partition coefficient (Wildman–Crippen LogP) is 3.60. The van der Waals surface area contributed by atoms with Crippen molar-refractivity contribution in [1.82, 2.24) is 5.32 Å². The van der Waals surface area contributed by atoms with Crippen LogP contribution in [-0.4, -0.2) is 31.2 Å². The van der Waals surface area contributed by atoms with E-state index in [9.17, 15) is 9.90 Å². The van der Waals surface area contributed by atoms with Crippen molar-refractivity contribution in [2.75, 3.05) is 25.0 Å². The van der Waals surface area contributed by atoms with Gasteiger partial charge in [0.15, 0.2) is 0 Å². The number of rotatable bonds is 8. The second-order valence-electron chi connectivity index (χ2n) is 5.99. The van der Waals surface area contributed by atoms with Crippen LogP contribution in [0.5, 0.6) is 5.75 Å². The van der Waals surface area contributed by atoms with Crippen LogP contribution >= 0.6 is 0 Å². The first-order valence-electron chi connectivity index (χ1n) is 8.47. The van der Waals surface area contributed by atoms with Gasteiger partial charge in [0, 0.05) is 31.4 Å². The first kappa shape index (κ1) is 17.9. The van der Waals surface area contributed by atoms with E-state index in [1.54, 1.807) is 12.1 Å². The molecule has 4 nitrogen and oxygen atoms in total. The maximum Gasteiger partial charge on any atom is 0.251 e. The van der Waals surface area contributed by atoms with Crippen LogP contribution in [0.4, 0.5) is 5.69 Å². The number of phenols is 1. The van der Waals surface area contributed by atoms with Crippen molar-refractivity contribution in [3.8, 4) is 5.75 Å². The van der Waals surface area contributed by atoms with E-state index in [1.807, 2.05) is 36.4 Å². The molecule has 2 aromatic carbocycles. The highest BCUT2D eigenvalue weighted by atomic mass is 16.3. The molecule has 0 spiro atoms. The van der Waals surface area contributed by atoms with Crippen molar-refractivity contribution in [2.24, 2.45) is 0 Å². The number of nitrogens with zero attached hydrogens (tertiary/aromatic N) is 1. The first-order chi connectivity index (χ1) is 11.6. The lowest BCUT2D eigenvalue weighted by molar-refractivity contribution is 0.0953. The minimum atomic E-state index is -0.0367. The van der Waals surface area contributed by atoms with Gasteiger partial charge in [0.1, 0.15) is 5.75 Å². The molecule has 2 N–H and O–H groups in total. The van der Waals surface area contributed by atoms with Crippen molar-refractivity contribution in [3.63, 3.8) is 0 Å². The van der Waals surface area contributed by atoms with Crippen LogP contribution in [-0.2, 0) is 6.42 Å². The van der Waals surface area contributed by atoms with Crippen molar-refractivity contribution in [2.45, 2.75) is 26.2 Å². The van der Waals surface area contributed by atoms with E-state index in [-0.39, 0.29) is 11.7 Å². The smallest absolute Gasteiger partial charge is 0.251 e. The summed E-state index contributed by atoms with van der Waals surface area (Å²) in [6, 6.07) is 14.9. The number of phenolic OH excluding ortho intramolecular Hbond substituents is 1. The summed E-state index contributed by atoms with van der Waals surface area (Å²) in [5, 5.41) is 12.2. The Bertz CT molecular complexity index is 636. The Labute approximate surface area is 144 Å². The number of carbonyl (C=O) groups is 1. The molecule has 0 aliphatic heterocycles. The van der Waals surface area contributed by atoms with Gasteiger partial charge in [-0.3, -0.25) is 4.79 Å². The molecule has 0 bridgehead atoms. The highest BCUT2D eigenvalue weighted by Gasteiger charge is 2.06. The lowest BCUT2D eigenvalue weighted by atomic mass is 10.1. The molecule has 24 heavy (non-hydrogen) atoms. The minimum absolute atomic E-state index is 0.0367. The summed E-state index contributed by atoms with van der Waals surface area (Å²) in [4.78, 5) is 14.3. The zero-order chi connectivity index (χ0) is 17.4. The molecule has 0 aliphatic rings. The van der Waals surface area contributed by atoms with E-state index in [0.717, 1.165) is 37.1 Å². The number of hydrogen-bond donors (Lipinski definition) is 2. The van der Waals surface area contributed by atoms with E-state index >= 15 is 0 Å². The van der Waals surface area contributed by atoms with Crippen LogP contribution in [0.25, 0.3) is 0 Å². The fourth-order valence-corrected chi connectivity index (χ4v) is 2.59. The molecule has 0 radical (unpaired) electrons. The molecule has 2 rings (SSSR count). The van der Waals surface area contributed by atoms with E-state index in [4.69, 9.17) is 0 Å². The molecular weight excluding hydrogens is 300 g/mol. The zero-order valence-corrected chi connectivity index (χ0v) is 14.5. The fraction of sp³-hybridized carbons (Fsp3) is 0.350. The number of carbonyl (C=O) groups excluding carboxylic acids is 1. The van der Waals surface area contributed by atoms with E-state index in [2.05, 4.69) is 24.2 Å². The average Bonchev–Trinajstić information content (AvgIpc) is 2.60. The molecule has 0 atom stereocenters. The van der Waals surface area contributed by atoms with Crippen LogP contribution in [0, 0.1) is 0 Å². The number of hydrogen-bond acceptors (Lipinski definition) is 3. The third-order valence-corrected chi connectivity index (χ3v) is 3.99. The monoisotopic (exact) mass is 326 g/mol. The van der Waals surface area contributed by atoms with Crippen LogP contribution in [0.2, 0.25) is 0 Å². The van der Waals surface area contributed by atoms with Gasteiger partial charge in [-0.1, -0.05) is 19.1 Å². The molecule has 0 heterocycles. The molecule has 2 aromatic rings. The van der Waals surface area contributed by atoms with Crippen molar-refractivity contribution < 1.29 is 9.90 Å². The van der Waals surface area contributed by atoms with Gasteiger partial charge in [-0.2, -0.15) is 0 Å². The SMILES string of the molecule is CCCN(C)c1ccc(C(=O)NCCCc2ccc(O)cc2)cc1. The average molecular weight is 326 g/mol. The maximum atomic E-state index is 12.1. The van der Waals surface area contributed by atoms with Crippen LogP contribution < -0.4 is 10.2 Å². The lowest BCUT2D eigenvalue weighted by Gasteiger charge is -2.18. The number of aryl methyl sites for hydroxylation is 1. The number of anilines is 1. The highest BCUT2D eigenvalue weighted by molar-refractivity contribution is 5.94. The predicted molar refractivity (Wildman–Crippen MR) is 98.8 cm³/mol. The maximum absolute atomic E-state index is 12.1. The normalized spacial score (nSPS) is 10.4. The summed E-state index contributed by atoms with van der Waals surface area (Å²) >= 11 is 0. The van der Waals surface area contributed by atoms with Gasteiger partial charge in [-0.05, 0) is 61.2 Å². The molecule has 0 saturated carbocycles. The number of amides is 1. The van der Waals surface area contributed by atoms with E-state index < -0.39 is 0 Å². The van der Waals surface area contributed by atoms with Gasteiger partial charge < -0.3 is 15.3 Å². The fourth-order valence-electron chi connectivity index (χ4n) is 2.59. The Hall–Kier alpha value is -2.49. The number of aromatic hydroxyl groups is 1. The van der Waals surface area contributed by atoms with Crippen molar-refractivity contribution in [1.29, 1.82) is 0 Å². The Morgan fingerprint density at radius 1 is 1.08 bits per heavy atom. The van der Waals surface area contributed by atoms with Gasteiger partial charge in [0.25, 0.3) is 5.91 Å². The third-order valence-electron chi connectivity index (χ3n) is 3.99. The van der Waals surface area contributed by atoms with Crippen LogP contribution in [0.15, 0.2) is 48.5 Å². The summed E-state index contributed by atoms with van der Waals surface area (Å²) in [5.74, 6) is 0.241. The van der Waals surface area contributed by atoms with E-state index in [1.165, 1.54) is 0 Å². The van der Waals surface area contributed by atoms with Gasteiger partial charge >= 0.3 is 0 Å². The van der Waals surface area contributed by atoms with Gasteiger partial charge in [-0.15, -0.1) is 0 Å². The van der Waals surface area contributed by atoms with Crippen molar-refractivity contribution >= 4 is 11.6 Å². The summed E-state index contributed by atoms with van der Waals surface area (Å²) in [6.07, 6.45) is 2.84. The highest BCUT2D eigenvalue weighted by Crippen LogP contribution is 2.14. The lowest BCUT2D eigenvalue weighted by Crippen LogP contribution is -2.25. The standard InChI is InChI=1S/C20H26N2O2/c1-3-15-22(2)18-10-8-17(9-11-18)20(24)21-14-4-5-16-6-12-19(23)13-7-16/h6-13,23H,3-5,14-15H2,1-2H3,(H,21,24). The Morgan fingerprint density at radius 3 is 2.38 bits per heavy atom. The Kier molecular flexibility index (Phi) is 6.67. The summed E-state index contributed by atoms with van der Waals surface area (Å²) in [7, 11) is 2.06. The molecule has 0 unspecified atom stereocenters. The topological polar surface area (TPSA) is 52.6 Å². The van der Waals surface area contributed by atoms with E-state index in [0.29, 0.717) is 12.1 Å². The zero-order valence-electron chi connectivity index (χ0n) is 14.5. The first-order valence-corrected chi connectivity index (χ1v) is 8.47. The minimum Gasteiger partial charge on any atom is -0.508 e. The quantitative estimate of drug-likeness (QED) is 0.729. The third kappa shape index (κ3) is 5.30. The molecule has 0 saturated heterocycles. The Balaban J connectivity index is 1.76. The number of benzene rings is 2. The molecule has 1 amide bonds. The van der Waals surface area contributed by atoms with Gasteiger partial charge in [0.2, 0.25) is 0 Å². The molecule has 4 heteroatoms. The van der Waals surface area contributed by atoms with Crippen LogP contribution in [0.3, 0.4) is 0 Å². The molecule has 0 aromatic heterocycles.